The SMILES string of the molecule is O=C(Nc1ccc2ccccc2c1)c1cc(=O)c2ccccc2o1. The Labute approximate surface area is 137 Å². The maximum Gasteiger partial charge on any atom is 0.291 e. The highest BCUT2D eigenvalue weighted by molar-refractivity contribution is 6.04. The number of carbonyl (C=O) groups is 1. The van der Waals surface area contributed by atoms with Crippen LogP contribution in [0.15, 0.2) is 82.0 Å². The van der Waals surface area contributed by atoms with Crippen molar-refractivity contribution < 1.29 is 9.21 Å². The van der Waals surface area contributed by atoms with Gasteiger partial charge < -0.3 is 9.73 Å². The fourth-order valence-corrected chi connectivity index (χ4v) is 2.68. The van der Waals surface area contributed by atoms with E-state index >= 15 is 0 Å². The lowest BCUT2D eigenvalue weighted by Gasteiger charge is -2.07. The molecule has 4 aromatic rings. The lowest BCUT2D eigenvalue weighted by atomic mass is 10.1. The van der Waals surface area contributed by atoms with Gasteiger partial charge in [-0.15, -0.1) is 0 Å². The summed E-state index contributed by atoms with van der Waals surface area (Å²) < 4.78 is 5.55. The van der Waals surface area contributed by atoms with Gasteiger partial charge in [0.25, 0.3) is 5.91 Å². The maximum atomic E-state index is 12.4. The van der Waals surface area contributed by atoms with Gasteiger partial charge in [-0.25, -0.2) is 0 Å². The van der Waals surface area contributed by atoms with Gasteiger partial charge in [0.05, 0.1) is 5.39 Å². The summed E-state index contributed by atoms with van der Waals surface area (Å²) in [5.74, 6) is -0.458. The van der Waals surface area contributed by atoms with Crippen molar-refractivity contribution in [3.8, 4) is 0 Å². The van der Waals surface area contributed by atoms with Gasteiger partial charge in [0.1, 0.15) is 5.58 Å². The third-order valence-electron chi connectivity index (χ3n) is 3.87. The molecule has 24 heavy (non-hydrogen) atoms. The highest BCUT2D eigenvalue weighted by atomic mass is 16.3. The molecule has 0 atom stereocenters. The predicted molar refractivity (Wildman–Crippen MR) is 94.4 cm³/mol. The summed E-state index contributed by atoms with van der Waals surface area (Å²) in [6.45, 7) is 0. The largest absolute Gasteiger partial charge is 0.451 e. The molecule has 3 aromatic carbocycles. The molecule has 0 saturated carbocycles. The number of amides is 1. The maximum absolute atomic E-state index is 12.4. The molecule has 0 spiro atoms. The number of nitrogens with one attached hydrogen (secondary N) is 1. The van der Waals surface area contributed by atoms with Crippen LogP contribution in [0.3, 0.4) is 0 Å². The Balaban J connectivity index is 1.69. The van der Waals surface area contributed by atoms with Crippen LogP contribution in [0.2, 0.25) is 0 Å². The van der Waals surface area contributed by atoms with Crippen LogP contribution in [0.25, 0.3) is 21.7 Å². The summed E-state index contributed by atoms with van der Waals surface area (Å²) in [7, 11) is 0. The van der Waals surface area contributed by atoms with Crippen LogP contribution < -0.4 is 10.7 Å². The van der Waals surface area contributed by atoms with Gasteiger partial charge in [0.15, 0.2) is 11.2 Å². The molecule has 4 nitrogen and oxygen atoms in total. The number of rotatable bonds is 2. The van der Waals surface area contributed by atoms with Crippen LogP contribution in [0, 0.1) is 0 Å². The summed E-state index contributed by atoms with van der Waals surface area (Å²) in [4.78, 5) is 24.5. The van der Waals surface area contributed by atoms with Gasteiger partial charge in [0, 0.05) is 11.8 Å². The normalized spacial score (nSPS) is 10.8. The average molecular weight is 315 g/mol. The summed E-state index contributed by atoms with van der Waals surface area (Å²) >= 11 is 0. The average Bonchev–Trinajstić information content (AvgIpc) is 2.61. The molecule has 0 aliphatic carbocycles. The Bertz CT molecular complexity index is 1130. The molecule has 0 saturated heterocycles. The number of fused-ring (bicyclic) bond motifs is 2. The lowest BCUT2D eigenvalue weighted by Crippen LogP contribution is -2.14. The summed E-state index contributed by atoms with van der Waals surface area (Å²) in [6, 6.07) is 21.6. The molecule has 4 heteroatoms. The van der Waals surface area contributed by atoms with E-state index < -0.39 is 5.91 Å². The van der Waals surface area contributed by atoms with Crippen molar-refractivity contribution in [3.05, 3.63) is 88.8 Å². The Morgan fingerprint density at radius 3 is 2.46 bits per heavy atom. The summed E-state index contributed by atoms with van der Waals surface area (Å²) in [5.41, 5.74) is 0.809. The number of hydrogen-bond acceptors (Lipinski definition) is 3. The second-order valence-electron chi connectivity index (χ2n) is 5.49. The zero-order valence-electron chi connectivity index (χ0n) is 12.7. The second-order valence-corrected chi connectivity index (χ2v) is 5.49. The quantitative estimate of drug-likeness (QED) is 0.603. The van der Waals surface area contributed by atoms with Crippen molar-refractivity contribution in [1.29, 1.82) is 0 Å². The molecule has 0 aliphatic rings. The molecule has 0 aliphatic heterocycles. The fraction of sp³-hybridized carbons (Fsp3) is 0. The Hall–Kier alpha value is -3.40. The topological polar surface area (TPSA) is 59.3 Å². The zero-order valence-corrected chi connectivity index (χ0v) is 12.7. The number of anilines is 1. The van der Waals surface area contributed by atoms with E-state index in [2.05, 4.69) is 5.32 Å². The molecule has 1 aromatic heterocycles. The van der Waals surface area contributed by atoms with Crippen molar-refractivity contribution in [2.75, 3.05) is 5.32 Å². The molecule has 4 rings (SSSR count). The van der Waals surface area contributed by atoms with Crippen molar-refractivity contribution in [2.24, 2.45) is 0 Å². The Kier molecular flexibility index (Phi) is 3.35. The van der Waals surface area contributed by atoms with Crippen LogP contribution in [-0.4, -0.2) is 5.91 Å². The molecular formula is C20H13NO3. The smallest absolute Gasteiger partial charge is 0.291 e. The van der Waals surface area contributed by atoms with Crippen molar-refractivity contribution in [1.82, 2.24) is 0 Å². The zero-order chi connectivity index (χ0) is 16.5. The highest BCUT2D eigenvalue weighted by Gasteiger charge is 2.12. The minimum absolute atomic E-state index is 0.00754. The minimum atomic E-state index is -0.451. The van der Waals surface area contributed by atoms with Gasteiger partial charge in [-0.2, -0.15) is 0 Å². The van der Waals surface area contributed by atoms with Crippen molar-refractivity contribution in [3.63, 3.8) is 0 Å². The van der Waals surface area contributed by atoms with E-state index in [0.717, 1.165) is 10.8 Å². The number of hydrogen-bond donors (Lipinski definition) is 1. The van der Waals surface area contributed by atoms with E-state index in [1.54, 1.807) is 24.3 Å². The molecule has 0 unspecified atom stereocenters. The van der Waals surface area contributed by atoms with E-state index in [1.165, 1.54) is 6.07 Å². The van der Waals surface area contributed by atoms with E-state index in [9.17, 15) is 9.59 Å². The van der Waals surface area contributed by atoms with E-state index in [4.69, 9.17) is 4.42 Å². The summed E-state index contributed by atoms with van der Waals surface area (Å²) in [5, 5.41) is 5.34. The Morgan fingerprint density at radius 2 is 1.58 bits per heavy atom. The van der Waals surface area contributed by atoms with Gasteiger partial charge in [-0.1, -0.05) is 42.5 Å². The van der Waals surface area contributed by atoms with Crippen molar-refractivity contribution >= 4 is 33.3 Å². The van der Waals surface area contributed by atoms with Crippen LogP contribution in [0.1, 0.15) is 10.6 Å². The third-order valence-corrected chi connectivity index (χ3v) is 3.87. The molecular weight excluding hydrogens is 302 g/mol. The first-order chi connectivity index (χ1) is 11.7. The molecule has 0 bridgehead atoms. The lowest BCUT2D eigenvalue weighted by molar-refractivity contribution is 0.0997. The van der Waals surface area contributed by atoms with E-state index in [1.807, 2.05) is 42.5 Å². The number of carbonyl (C=O) groups excluding carboxylic acids is 1. The fourth-order valence-electron chi connectivity index (χ4n) is 2.68. The van der Waals surface area contributed by atoms with Crippen LogP contribution in [0.4, 0.5) is 5.69 Å². The number of para-hydroxylation sites is 1. The van der Waals surface area contributed by atoms with Crippen LogP contribution >= 0.6 is 0 Å². The second kappa shape index (κ2) is 5.66. The highest BCUT2D eigenvalue weighted by Crippen LogP contribution is 2.20. The van der Waals surface area contributed by atoms with Gasteiger partial charge in [-0.05, 0) is 35.0 Å². The molecule has 1 amide bonds. The minimum Gasteiger partial charge on any atom is -0.451 e. The first-order valence-electron chi connectivity index (χ1n) is 7.54. The Morgan fingerprint density at radius 1 is 0.833 bits per heavy atom. The predicted octanol–water partition coefficient (Wildman–Crippen LogP) is 4.20. The van der Waals surface area contributed by atoms with E-state index in [-0.39, 0.29) is 11.2 Å². The molecule has 1 heterocycles. The molecule has 1 N–H and O–H groups in total. The number of benzene rings is 3. The van der Waals surface area contributed by atoms with Gasteiger partial charge in [-0.3, -0.25) is 9.59 Å². The summed E-state index contributed by atoms with van der Waals surface area (Å²) in [6.07, 6.45) is 0. The molecule has 0 radical (unpaired) electrons. The van der Waals surface area contributed by atoms with Crippen molar-refractivity contribution in [2.45, 2.75) is 0 Å². The van der Waals surface area contributed by atoms with Gasteiger partial charge >= 0.3 is 0 Å². The monoisotopic (exact) mass is 315 g/mol. The molecule has 116 valence electrons. The van der Waals surface area contributed by atoms with Gasteiger partial charge in [0.2, 0.25) is 0 Å². The first kappa shape index (κ1) is 14.2. The van der Waals surface area contributed by atoms with E-state index in [0.29, 0.717) is 16.7 Å². The van der Waals surface area contributed by atoms with Crippen LogP contribution in [-0.2, 0) is 0 Å². The first-order valence-corrected chi connectivity index (χ1v) is 7.54. The molecule has 0 fully saturated rings. The standard InChI is InChI=1S/C20H13NO3/c22-17-12-19(24-18-8-4-3-7-16(17)18)20(23)21-15-10-9-13-5-1-2-6-14(13)11-15/h1-12H,(H,21,23). The third kappa shape index (κ3) is 2.54. The van der Waals surface area contributed by atoms with Crippen LogP contribution in [0.5, 0.6) is 0 Å².